The highest BCUT2D eigenvalue weighted by Gasteiger charge is 2.11. The number of ketones is 1. The highest BCUT2D eigenvalue weighted by atomic mass is 16.1. The molecule has 27 heavy (non-hydrogen) atoms. The second-order valence-corrected chi connectivity index (χ2v) is 8.24. The molecule has 2 aromatic rings. The molecule has 0 amide bonds. The average Bonchev–Trinajstić information content (AvgIpc) is 2.59. The highest BCUT2D eigenvalue weighted by molar-refractivity contribution is 5.95. The third-order valence-electron chi connectivity index (χ3n) is 5.77. The topological polar surface area (TPSA) is 17.1 Å². The van der Waals surface area contributed by atoms with Gasteiger partial charge in [-0.25, -0.2) is 0 Å². The van der Waals surface area contributed by atoms with Crippen molar-refractivity contribution in [2.45, 2.75) is 87.5 Å². The Labute approximate surface area is 167 Å². The number of benzene rings is 2. The molecule has 148 valence electrons. The molecule has 0 spiro atoms. The van der Waals surface area contributed by atoms with E-state index in [4.69, 9.17) is 0 Å². The fourth-order valence-electron chi connectivity index (χ4n) is 3.75. The van der Waals surface area contributed by atoms with Crippen LogP contribution >= 0.6 is 0 Å². The lowest BCUT2D eigenvalue weighted by atomic mass is 9.91. The summed E-state index contributed by atoms with van der Waals surface area (Å²) in [5, 5.41) is 0. The third-order valence-corrected chi connectivity index (χ3v) is 5.77. The zero-order chi connectivity index (χ0) is 20.9. The van der Waals surface area contributed by atoms with Gasteiger partial charge in [0, 0.05) is 5.56 Å². The monoisotopic (exact) mass is 366 g/mol. The van der Waals surface area contributed by atoms with Crippen molar-refractivity contribution in [1.29, 1.82) is 0 Å². The molecule has 1 nitrogen and oxygen atoms in total. The van der Waals surface area contributed by atoms with E-state index in [2.05, 4.69) is 73.6 Å². The van der Waals surface area contributed by atoms with Crippen molar-refractivity contribution in [2.24, 2.45) is 0 Å². The fourth-order valence-corrected chi connectivity index (χ4v) is 3.75. The minimum atomic E-state index is 0.154. The van der Waals surface area contributed by atoms with E-state index in [1.54, 1.807) is 6.92 Å². The van der Waals surface area contributed by atoms with E-state index in [9.17, 15) is 4.79 Å². The first kappa shape index (κ1) is 23.1. The predicted octanol–water partition coefficient (Wildman–Crippen LogP) is 7.62. The van der Waals surface area contributed by atoms with Gasteiger partial charge in [-0.15, -0.1) is 0 Å². The Balaban J connectivity index is 0.000000271. The Hall–Kier alpha value is -1.89. The summed E-state index contributed by atoms with van der Waals surface area (Å²) >= 11 is 0. The lowest BCUT2D eigenvalue weighted by Crippen LogP contribution is -2.02. The first-order valence-corrected chi connectivity index (χ1v) is 10.2. The lowest BCUT2D eigenvalue weighted by molar-refractivity contribution is 0.101. The van der Waals surface area contributed by atoms with Crippen molar-refractivity contribution >= 4 is 5.78 Å². The lowest BCUT2D eigenvalue weighted by Gasteiger charge is -2.14. The van der Waals surface area contributed by atoms with Gasteiger partial charge in [-0.3, -0.25) is 4.79 Å². The number of carbonyl (C=O) groups excluding carboxylic acids is 1. The Morgan fingerprint density at radius 2 is 1.19 bits per heavy atom. The molecule has 0 unspecified atom stereocenters. The number of rotatable bonds is 4. The molecule has 0 saturated carbocycles. The van der Waals surface area contributed by atoms with Crippen LogP contribution in [0.25, 0.3) is 0 Å². The first-order chi connectivity index (χ1) is 12.5. The summed E-state index contributed by atoms with van der Waals surface area (Å²) in [6, 6.07) is 8.58. The number of hydrogen-bond donors (Lipinski definition) is 0. The molecule has 2 rings (SSSR count). The summed E-state index contributed by atoms with van der Waals surface area (Å²) in [4.78, 5) is 11.3. The van der Waals surface area contributed by atoms with Crippen molar-refractivity contribution in [3.63, 3.8) is 0 Å². The zero-order valence-corrected chi connectivity index (χ0v) is 19.1. The molecular formula is C26H38O. The first-order valence-electron chi connectivity index (χ1n) is 10.2. The molecule has 0 aromatic heterocycles. The van der Waals surface area contributed by atoms with E-state index < -0.39 is 0 Å². The summed E-state index contributed by atoms with van der Waals surface area (Å²) in [6.45, 7) is 21.3. The van der Waals surface area contributed by atoms with Gasteiger partial charge in [0.15, 0.2) is 5.78 Å². The van der Waals surface area contributed by atoms with Gasteiger partial charge in [-0.05, 0) is 91.8 Å². The number of aryl methyl sites for hydroxylation is 1. The largest absolute Gasteiger partial charge is 0.295 e. The van der Waals surface area contributed by atoms with Crippen molar-refractivity contribution in [3.05, 3.63) is 68.8 Å². The van der Waals surface area contributed by atoms with Gasteiger partial charge in [-0.2, -0.15) is 0 Å². The molecular weight excluding hydrogens is 328 g/mol. The van der Waals surface area contributed by atoms with Crippen LogP contribution < -0.4 is 0 Å². The van der Waals surface area contributed by atoms with E-state index in [0.29, 0.717) is 11.8 Å². The van der Waals surface area contributed by atoms with E-state index in [1.165, 1.54) is 33.4 Å². The van der Waals surface area contributed by atoms with Crippen LogP contribution in [0.3, 0.4) is 0 Å². The summed E-state index contributed by atoms with van der Waals surface area (Å²) < 4.78 is 0. The summed E-state index contributed by atoms with van der Waals surface area (Å²) in [5.41, 5.74) is 10.5. The number of hydrogen-bond acceptors (Lipinski definition) is 1. The van der Waals surface area contributed by atoms with E-state index in [-0.39, 0.29) is 5.78 Å². The van der Waals surface area contributed by atoms with E-state index in [0.717, 1.165) is 17.5 Å². The van der Waals surface area contributed by atoms with Gasteiger partial charge < -0.3 is 0 Å². The molecule has 2 aromatic carbocycles. The maximum atomic E-state index is 11.3. The Morgan fingerprint density at radius 1 is 0.741 bits per heavy atom. The van der Waals surface area contributed by atoms with Gasteiger partial charge in [0.05, 0.1) is 0 Å². The molecule has 0 N–H and O–H groups in total. The van der Waals surface area contributed by atoms with Crippen LogP contribution in [0.1, 0.15) is 103 Å². The Morgan fingerprint density at radius 3 is 1.59 bits per heavy atom. The van der Waals surface area contributed by atoms with Crippen molar-refractivity contribution in [2.75, 3.05) is 0 Å². The van der Waals surface area contributed by atoms with Crippen LogP contribution in [0.15, 0.2) is 24.3 Å². The van der Waals surface area contributed by atoms with Crippen LogP contribution in [-0.2, 0) is 6.42 Å². The molecule has 0 aliphatic heterocycles. The quantitative estimate of drug-likeness (QED) is 0.509. The summed E-state index contributed by atoms with van der Waals surface area (Å²) in [6.07, 6.45) is 1.14. The van der Waals surface area contributed by atoms with Crippen LogP contribution in [0.5, 0.6) is 0 Å². The summed E-state index contributed by atoms with van der Waals surface area (Å²) in [5.74, 6) is 1.32. The molecule has 1 heteroatoms. The molecule has 0 saturated heterocycles. The number of Topliss-reactive ketones (excluding diaryl/α,β-unsaturated/α-hetero) is 1. The zero-order valence-electron chi connectivity index (χ0n) is 19.1. The van der Waals surface area contributed by atoms with Crippen LogP contribution in [0, 0.1) is 27.7 Å². The van der Waals surface area contributed by atoms with Crippen molar-refractivity contribution in [3.8, 4) is 0 Å². The van der Waals surface area contributed by atoms with Crippen molar-refractivity contribution < 1.29 is 4.79 Å². The van der Waals surface area contributed by atoms with Crippen LogP contribution in [-0.4, -0.2) is 5.78 Å². The minimum absolute atomic E-state index is 0.154. The number of carbonyl (C=O) groups is 1. The average molecular weight is 367 g/mol. The Kier molecular flexibility index (Phi) is 8.47. The highest BCUT2D eigenvalue weighted by Crippen LogP contribution is 2.25. The molecule has 0 aliphatic carbocycles. The normalized spacial score (nSPS) is 10.8. The molecule has 0 atom stereocenters. The third kappa shape index (κ3) is 5.54. The van der Waals surface area contributed by atoms with E-state index in [1.807, 2.05) is 13.0 Å². The smallest absolute Gasteiger partial charge is 0.160 e. The minimum Gasteiger partial charge on any atom is -0.295 e. The van der Waals surface area contributed by atoms with E-state index >= 15 is 0 Å². The van der Waals surface area contributed by atoms with Gasteiger partial charge in [-0.1, -0.05) is 58.9 Å². The van der Waals surface area contributed by atoms with Gasteiger partial charge >= 0.3 is 0 Å². The Bertz CT molecular complexity index is 794. The maximum absolute atomic E-state index is 11.3. The predicted molar refractivity (Wildman–Crippen MR) is 119 cm³/mol. The maximum Gasteiger partial charge on any atom is 0.160 e. The molecule has 0 bridgehead atoms. The molecule has 0 heterocycles. The van der Waals surface area contributed by atoms with Gasteiger partial charge in [0.1, 0.15) is 0 Å². The molecule has 0 radical (unpaired) electrons. The molecule has 0 fully saturated rings. The van der Waals surface area contributed by atoms with Gasteiger partial charge in [0.25, 0.3) is 0 Å². The van der Waals surface area contributed by atoms with Crippen molar-refractivity contribution in [1.82, 2.24) is 0 Å². The summed E-state index contributed by atoms with van der Waals surface area (Å²) in [7, 11) is 0. The molecule has 0 aliphatic rings. The van der Waals surface area contributed by atoms with Crippen LogP contribution in [0.2, 0.25) is 0 Å². The fraction of sp³-hybridized carbons (Fsp3) is 0.500. The SMILES string of the molecule is CC(=O)c1ccc(C(C)C)c(C)c1C.CCc1ccc(C(C)C)c(C)c1C. The van der Waals surface area contributed by atoms with Crippen LogP contribution in [0.4, 0.5) is 0 Å². The second kappa shape index (κ2) is 9.88. The second-order valence-electron chi connectivity index (χ2n) is 8.24. The standard InChI is InChI=1S/C13H18O.C13H20/c1-8(2)12-6-7-13(11(5)14)10(4)9(12)3;1-6-12-7-8-13(9(2)3)11(5)10(12)4/h6-8H,1-5H3;7-9H,6H2,1-5H3. The van der Waals surface area contributed by atoms with Gasteiger partial charge in [0.2, 0.25) is 0 Å².